The summed E-state index contributed by atoms with van der Waals surface area (Å²) >= 11 is 0. The first-order valence-corrected chi connectivity index (χ1v) is 6.34. The molecule has 0 amide bonds. The van der Waals surface area contributed by atoms with Crippen LogP contribution >= 0.6 is 0 Å². The molecule has 1 saturated heterocycles. The van der Waals surface area contributed by atoms with E-state index in [0.717, 1.165) is 18.6 Å². The Morgan fingerprint density at radius 3 is 3.16 bits per heavy atom. The number of rotatable bonds is 4. The lowest BCUT2D eigenvalue weighted by molar-refractivity contribution is -0.384. The minimum atomic E-state index is -0.407. The molecule has 1 aliphatic rings. The van der Waals surface area contributed by atoms with Gasteiger partial charge in [0.25, 0.3) is 5.69 Å². The Morgan fingerprint density at radius 1 is 1.53 bits per heavy atom. The molecule has 7 nitrogen and oxygen atoms in total. The first kappa shape index (κ1) is 11.9. The highest BCUT2D eigenvalue weighted by molar-refractivity contribution is 5.79. The maximum atomic E-state index is 10.7. The lowest BCUT2D eigenvalue weighted by Crippen LogP contribution is -2.29. The minimum Gasteiger partial charge on any atom is -0.354 e. The molecular formula is C12H15N5O2. The molecule has 1 unspecified atom stereocenters. The van der Waals surface area contributed by atoms with E-state index in [2.05, 4.69) is 20.6 Å². The summed E-state index contributed by atoms with van der Waals surface area (Å²) in [6.45, 7) is 1.88. The number of non-ortho nitro benzene ring substituents is 1. The van der Waals surface area contributed by atoms with Crippen molar-refractivity contribution >= 4 is 22.7 Å². The normalized spacial score (nSPS) is 18.8. The molecule has 1 aliphatic heterocycles. The van der Waals surface area contributed by atoms with Crippen LogP contribution in [0.2, 0.25) is 0 Å². The lowest BCUT2D eigenvalue weighted by atomic mass is 10.2. The predicted molar refractivity (Wildman–Crippen MR) is 72.3 cm³/mol. The molecule has 1 atom stereocenters. The van der Waals surface area contributed by atoms with E-state index in [-0.39, 0.29) is 5.69 Å². The molecule has 1 fully saturated rings. The van der Waals surface area contributed by atoms with E-state index >= 15 is 0 Å². The molecule has 0 radical (unpaired) electrons. The first-order valence-electron chi connectivity index (χ1n) is 6.34. The van der Waals surface area contributed by atoms with Gasteiger partial charge in [0.2, 0.25) is 5.95 Å². The van der Waals surface area contributed by atoms with Crippen LogP contribution in [0.15, 0.2) is 18.2 Å². The number of benzene rings is 1. The van der Waals surface area contributed by atoms with Crippen LogP contribution < -0.4 is 10.6 Å². The number of H-pyrrole nitrogens is 1. The Hall–Kier alpha value is -2.15. The lowest BCUT2D eigenvalue weighted by Gasteiger charge is -2.09. The van der Waals surface area contributed by atoms with Crippen LogP contribution in [0.5, 0.6) is 0 Å². The number of anilines is 1. The molecule has 2 heterocycles. The van der Waals surface area contributed by atoms with Gasteiger partial charge in [-0.05, 0) is 25.5 Å². The number of nitrogens with one attached hydrogen (secondary N) is 3. The second-order valence-electron chi connectivity index (χ2n) is 4.72. The van der Waals surface area contributed by atoms with Gasteiger partial charge in [-0.2, -0.15) is 0 Å². The fourth-order valence-electron chi connectivity index (χ4n) is 2.35. The van der Waals surface area contributed by atoms with Crippen molar-refractivity contribution in [3.63, 3.8) is 0 Å². The Kier molecular flexibility index (Phi) is 3.04. The molecule has 100 valence electrons. The van der Waals surface area contributed by atoms with E-state index in [4.69, 9.17) is 0 Å². The van der Waals surface area contributed by atoms with Gasteiger partial charge in [0.15, 0.2) is 0 Å². The van der Waals surface area contributed by atoms with E-state index in [1.807, 2.05) is 0 Å². The summed E-state index contributed by atoms with van der Waals surface area (Å²) in [4.78, 5) is 17.7. The number of aromatic amines is 1. The molecule has 3 rings (SSSR count). The van der Waals surface area contributed by atoms with Crippen LogP contribution in [0.4, 0.5) is 11.6 Å². The SMILES string of the molecule is O=[N+]([O-])c1ccc2nc(NCC3CCCN3)[nH]c2c1. The molecule has 19 heavy (non-hydrogen) atoms. The fourth-order valence-corrected chi connectivity index (χ4v) is 2.35. The van der Waals surface area contributed by atoms with Crippen LogP contribution in [-0.2, 0) is 0 Å². The Balaban J connectivity index is 1.75. The van der Waals surface area contributed by atoms with Crippen LogP contribution in [0, 0.1) is 10.1 Å². The van der Waals surface area contributed by atoms with Gasteiger partial charge in [-0.3, -0.25) is 10.1 Å². The van der Waals surface area contributed by atoms with E-state index in [1.165, 1.54) is 25.0 Å². The van der Waals surface area contributed by atoms with Crippen molar-refractivity contribution in [1.29, 1.82) is 0 Å². The number of imidazole rings is 1. The summed E-state index contributed by atoms with van der Waals surface area (Å²) < 4.78 is 0. The van der Waals surface area contributed by atoms with Gasteiger partial charge >= 0.3 is 0 Å². The summed E-state index contributed by atoms with van der Waals surface area (Å²) in [5.74, 6) is 0.657. The fraction of sp³-hybridized carbons (Fsp3) is 0.417. The highest BCUT2D eigenvalue weighted by atomic mass is 16.6. The zero-order valence-corrected chi connectivity index (χ0v) is 10.3. The Morgan fingerprint density at radius 2 is 2.42 bits per heavy atom. The van der Waals surface area contributed by atoms with Gasteiger partial charge in [0, 0.05) is 24.7 Å². The standard InChI is InChI=1S/C12H15N5O2/c18-17(19)9-3-4-10-11(6-9)16-12(15-10)14-7-8-2-1-5-13-8/h3-4,6,8,13H,1-2,5,7H2,(H2,14,15,16). The number of hydrogen-bond acceptors (Lipinski definition) is 5. The van der Waals surface area contributed by atoms with Crippen molar-refractivity contribution in [3.8, 4) is 0 Å². The van der Waals surface area contributed by atoms with Gasteiger partial charge in [0.1, 0.15) is 0 Å². The van der Waals surface area contributed by atoms with Crippen molar-refractivity contribution in [2.24, 2.45) is 0 Å². The molecule has 3 N–H and O–H groups in total. The molecule has 7 heteroatoms. The Bertz CT molecular complexity index is 603. The second kappa shape index (κ2) is 4.85. The predicted octanol–water partition coefficient (Wildman–Crippen LogP) is 1.63. The van der Waals surface area contributed by atoms with E-state index in [1.54, 1.807) is 6.07 Å². The number of fused-ring (bicyclic) bond motifs is 1. The Labute approximate surface area is 109 Å². The quantitative estimate of drug-likeness (QED) is 0.574. The minimum absolute atomic E-state index is 0.0696. The van der Waals surface area contributed by atoms with Gasteiger partial charge in [-0.1, -0.05) is 0 Å². The highest BCUT2D eigenvalue weighted by Gasteiger charge is 2.14. The highest BCUT2D eigenvalue weighted by Crippen LogP contribution is 2.20. The van der Waals surface area contributed by atoms with Crippen molar-refractivity contribution in [2.45, 2.75) is 18.9 Å². The van der Waals surface area contributed by atoms with Crippen LogP contribution in [0.1, 0.15) is 12.8 Å². The molecule has 2 aromatic rings. The van der Waals surface area contributed by atoms with Gasteiger partial charge in [0.05, 0.1) is 16.0 Å². The first-order chi connectivity index (χ1) is 9.22. The van der Waals surface area contributed by atoms with Gasteiger partial charge in [-0.25, -0.2) is 4.98 Å². The summed E-state index contributed by atoms with van der Waals surface area (Å²) in [6, 6.07) is 5.10. The van der Waals surface area contributed by atoms with Crippen molar-refractivity contribution in [2.75, 3.05) is 18.4 Å². The zero-order valence-electron chi connectivity index (χ0n) is 10.3. The van der Waals surface area contributed by atoms with Crippen LogP contribution in [-0.4, -0.2) is 34.0 Å². The smallest absolute Gasteiger partial charge is 0.271 e. The third kappa shape index (κ3) is 2.50. The molecule has 0 saturated carbocycles. The maximum absolute atomic E-state index is 10.7. The third-order valence-corrected chi connectivity index (χ3v) is 3.35. The topological polar surface area (TPSA) is 95.9 Å². The number of nitrogens with zero attached hydrogens (tertiary/aromatic N) is 2. The monoisotopic (exact) mass is 261 g/mol. The molecule has 1 aromatic heterocycles. The second-order valence-corrected chi connectivity index (χ2v) is 4.72. The average Bonchev–Trinajstić information content (AvgIpc) is 3.04. The van der Waals surface area contributed by atoms with E-state index in [9.17, 15) is 10.1 Å². The summed E-state index contributed by atoms with van der Waals surface area (Å²) in [5.41, 5.74) is 1.48. The van der Waals surface area contributed by atoms with Crippen molar-refractivity contribution in [3.05, 3.63) is 28.3 Å². The van der Waals surface area contributed by atoms with Crippen LogP contribution in [0.3, 0.4) is 0 Å². The summed E-state index contributed by atoms with van der Waals surface area (Å²) in [7, 11) is 0. The molecule has 0 aliphatic carbocycles. The summed E-state index contributed by atoms with van der Waals surface area (Å²) in [5, 5.41) is 17.3. The zero-order chi connectivity index (χ0) is 13.2. The molecule has 0 bridgehead atoms. The average molecular weight is 261 g/mol. The number of aromatic nitrogens is 2. The van der Waals surface area contributed by atoms with E-state index < -0.39 is 4.92 Å². The molecular weight excluding hydrogens is 246 g/mol. The number of hydrogen-bond donors (Lipinski definition) is 3. The largest absolute Gasteiger partial charge is 0.354 e. The van der Waals surface area contributed by atoms with Gasteiger partial charge in [-0.15, -0.1) is 0 Å². The van der Waals surface area contributed by atoms with Gasteiger partial charge < -0.3 is 15.6 Å². The number of nitro benzene ring substituents is 1. The molecule has 0 spiro atoms. The van der Waals surface area contributed by atoms with Crippen molar-refractivity contribution < 1.29 is 4.92 Å². The van der Waals surface area contributed by atoms with Crippen LogP contribution in [0.25, 0.3) is 11.0 Å². The maximum Gasteiger partial charge on any atom is 0.271 e. The molecule has 1 aromatic carbocycles. The van der Waals surface area contributed by atoms with Crippen molar-refractivity contribution in [1.82, 2.24) is 15.3 Å². The third-order valence-electron chi connectivity index (χ3n) is 3.35. The number of nitro groups is 1. The summed E-state index contributed by atoms with van der Waals surface area (Å²) in [6.07, 6.45) is 2.37. The van der Waals surface area contributed by atoms with E-state index in [0.29, 0.717) is 17.5 Å².